The molecule has 0 bridgehead atoms. The highest BCUT2D eigenvalue weighted by Gasteiger charge is 2.48. The summed E-state index contributed by atoms with van der Waals surface area (Å²) in [6.07, 6.45) is 4.98. The van der Waals surface area contributed by atoms with Gasteiger partial charge in [-0.2, -0.15) is 4.73 Å². The Balaban J connectivity index is 1.40. The molecule has 0 spiro atoms. The minimum absolute atomic E-state index is 0.0210. The van der Waals surface area contributed by atoms with Crippen molar-refractivity contribution in [3.8, 4) is 5.75 Å². The number of aliphatic hydroxyl groups is 1. The number of halogens is 1. The number of aromatic nitrogens is 1. The van der Waals surface area contributed by atoms with E-state index in [2.05, 4.69) is 24.8 Å². The molecule has 0 radical (unpaired) electrons. The zero-order valence-electron chi connectivity index (χ0n) is 22.0. The van der Waals surface area contributed by atoms with Crippen molar-refractivity contribution in [3.63, 3.8) is 0 Å². The van der Waals surface area contributed by atoms with Crippen molar-refractivity contribution in [3.05, 3.63) is 105 Å². The van der Waals surface area contributed by atoms with E-state index in [1.165, 1.54) is 6.20 Å². The molecule has 1 fully saturated rings. The Morgan fingerprint density at radius 2 is 1.95 bits per heavy atom. The van der Waals surface area contributed by atoms with Crippen LogP contribution in [0.2, 0.25) is 5.02 Å². The summed E-state index contributed by atoms with van der Waals surface area (Å²) >= 11 is 6.08. The van der Waals surface area contributed by atoms with Gasteiger partial charge in [0.05, 0.1) is 11.2 Å². The summed E-state index contributed by atoms with van der Waals surface area (Å²) in [5.74, 6) is 0.636. The predicted octanol–water partition coefficient (Wildman–Crippen LogP) is 5.51. The molecule has 0 amide bonds. The van der Waals surface area contributed by atoms with Gasteiger partial charge >= 0.3 is 0 Å². The molecule has 198 valence electrons. The highest BCUT2D eigenvalue weighted by molar-refractivity contribution is 6.30. The number of ether oxygens (including phenoxy) is 1. The molecule has 3 heterocycles. The lowest BCUT2D eigenvalue weighted by Crippen LogP contribution is -2.55. The van der Waals surface area contributed by atoms with Gasteiger partial charge in [0, 0.05) is 47.3 Å². The van der Waals surface area contributed by atoms with Gasteiger partial charge in [0.2, 0.25) is 5.69 Å². The molecular weight excluding hydrogens is 500 g/mol. The Labute approximate surface area is 228 Å². The lowest BCUT2D eigenvalue weighted by atomic mass is 9.66. The molecule has 1 saturated heterocycles. The Morgan fingerprint density at radius 3 is 2.66 bits per heavy atom. The number of ketones is 1. The molecule has 5 rings (SSSR count). The number of fused-ring (bicyclic) bond motifs is 2. The van der Waals surface area contributed by atoms with Gasteiger partial charge in [0.25, 0.3) is 0 Å². The first-order valence-electron chi connectivity index (χ1n) is 13.0. The summed E-state index contributed by atoms with van der Waals surface area (Å²) < 4.78 is 6.85. The van der Waals surface area contributed by atoms with E-state index in [-0.39, 0.29) is 17.8 Å². The first kappa shape index (κ1) is 26.4. The number of Topliss-reactive ketones (excluding diaryl/α,β-unsaturated/α-hetero) is 1. The van der Waals surface area contributed by atoms with Gasteiger partial charge in [-0.05, 0) is 67.3 Å². The first-order valence-corrected chi connectivity index (χ1v) is 13.4. The van der Waals surface area contributed by atoms with E-state index in [4.69, 9.17) is 16.3 Å². The van der Waals surface area contributed by atoms with Crippen molar-refractivity contribution in [2.45, 2.75) is 45.8 Å². The van der Waals surface area contributed by atoms with Crippen molar-refractivity contribution in [1.82, 2.24) is 4.90 Å². The number of pyridine rings is 1. The third-order valence-electron chi connectivity index (χ3n) is 8.04. The Bertz CT molecular complexity index is 1400. The Kier molecular flexibility index (Phi) is 7.07. The van der Waals surface area contributed by atoms with Gasteiger partial charge in [-0.15, -0.1) is 0 Å². The van der Waals surface area contributed by atoms with Crippen LogP contribution in [0.4, 0.5) is 0 Å². The lowest BCUT2D eigenvalue weighted by Gasteiger charge is -2.50. The summed E-state index contributed by atoms with van der Waals surface area (Å²) in [5, 5.41) is 25.0. The van der Waals surface area contributed by atoms with Gasteiger partial charge in [0.15, 0.2) is 18.6 Å². The number of carbonyl (C=O) groups is 1. The smallest absolute Gasteiger partial charge is 0.238 e. The van der Waals surface area contributed by atoms with Gasteiger partial charge in [0.1, 0.15) is 5.75 Å². The molecule has 1 atom stereocenters. The van der Waals surface area contributed by atoms with Crippen LogP contribution < -0.4 is 9.47 Å². The molecule has 1 unspecified atom stereocenters. The Morgan fingerprint density at radius 1 is 1.18 bits per heavy atom. The SMILES string of the molecule is CC(=O)c1ccc2c(c1)C(=CCCN1CCC(O)(c3ccc(Cl)cc3)C(C)(C)C1)c1ccc[n+]([O-])c1CO2. The molecule has 7 heteroatoms. The third kappa shape index (κ3) is 4.84. The highest BCUT2D eigenvalue weighted by atomic mass is 35.5. The maximum absolute atomic E-state index is 12.6. The molecule has 2 aliphatic rings. The number of piperidine rings is 1. The summed E-state index contributed by atoms with van der Waals surface area (Å²) in [5.41, 5.74) is 3.28. The van der Waals surface area contributed by atoms with Crippen LogP contribution in [0.25, 0.3) is 5.57 Å². The topological polar surface area (TPSA) is 76.7 Å². The molecule has 1 N–H and O–H groups in total. The molecule has 3 aromatic rings. The van der Waals surface area contributed by atoms with Crippen molar-refractivity contribution in [2.24, 2.45) is 5.41 Å². The van der Waals surface area contributed by atoms with Crippen molar-refractivity contribution in [2.75, 3.05) is 19.6 Å². The average Bonchev–Trinajstić information content (AvgIpc) is 3.04. The van der Waals surface area contributed by atoms with Gasteiger partial charge in [-0.3, -0.25) is 4.79 Å². The summed E-state index contributed by atoms with van der Waals surface area (Å²) in [6, 6.07) is 16.6. The van der Waals surface area contributed by atoms with E-state index in [1.807, 2.05) is 42.5 Å². The number of likely N-dealkylation sites (tertiary alicyclic amines) is 1. The highest BCUT2D eigenvalue weighted by Crippen LogP contribution is 2.46. The van der Waals surface area contributed by atoms with Crippen LogP contribution in [0.3, 0.4) is 0 Å². The number of hydrogen-bond donors (Lipinski definition) is 1. The molecule has 6 nitrogen and oxygen atoms in total. The van der Waals surface area contributed by atoms with Crippen LogP contribution in [0.5, 0.6) is 5.75 Å². The van der Waals surface area contributed by atoms with Crippen LogP contribution in [0.15, 0.2) is 66.9 Å². The second kappa shape index (κ2) is 10.2. The fourth-order valence-corrected chi connectivity index (χ4v) is 5.90. The van der Waals surface area contributed by atoms with Gasteiger partial charge in [-0.25, -0.2) is 0 Å². The summed E-state index contributed by atoms with van der Waals surface area (Å²) in [4.78, 5) is 14.5. The largest absolute Gasteiger partial charge is 0.618 e. The molecule has 2 aliphatic heterocycles. The summed E-state index contributed by atoms with van der Waals surface area (Å²) in [6.45, 7) is 8.22. The molecular formula is C31H33ClN2O4. The number of carbonyl (C=O) groups excluding carboxylic acids is 1. The predicted molar refractivity (Wildman–Crippen MR) is 148 cm³/mol. The average molecular weight is 533 g/mol. The van der Waals surface area contributed by atoms with Gasteiger partial charge < -0.3 is 20.0 Å². The van der Waals surface area contributed by atoms with Gasteiger partial charge in [-0.1, -0.05) is 43.7 Å². The number of nitrogens with zero attached hydrogens (tertiary/aromatic N) is 2. The molecule has 38 heavy (non-hydrogen) atoms. The first-order chi connectivity index (χ1) is 18.1. The Hall–Kier alpha value is -3.19. The lowest BCUT2D eigenvalue weighted by molar-refractivity contribution is -0.616. The van der Waals surface area contributed by atoms with Crippen molar-refractivity contribution >= 4 is 23.0 Å². The van der Waals surface area contributed by atoms with E-state index in [1.54, 1.807) is 19.1 Å². The molecule has 2 aromatic carbocycles. The van der Waals surface area contributed by atoms with Crippen LogP contribution in [0, 0.1) is 10.6 Å². The summed E-state index contributed by atoms with van der Waals surface area (Å²) in [7, 11) is 0. The zero-order chi connectivity index (χ0) is 27.1. The standard InChI is InChI=1S/C31H33ClN2O4/c1-21(35)22-8-13-29-27(18-22)25(26-7-5-16-34(37)28(26)19-38-29)6-4-15-33-17-14-31(36,30(2,3)20-33)23-9-11-24(32)12-10-23/h5-13,16,18,36H,4,14-15,17,19-20H2,1-3H3. The second-order valence-corrected chi connectivity index (χ2v) is 11.4. The fourth-order valence-electron chi connectivity index (χ4n) is 5.78. The van der Waals surface area contributed by atoms with Crippen LogP contribution in [-0.4, -0.2) is 35.4 Å². The van der Waals surface area contributed by atoms with Crippen molar-refractivity contribution in [1.29, 1.82) is 0 Å². The van der Waals surface area contributed by atoms with Crippen molar-refractivity contribution < 1.29 is 19.4 Å². The maximum atomic E-state index is 12.6. The third-order valence-corrected chi connectivity index (χ3v) is 8.29. The fraction of sp³-hybridized carbons (Fsp3) is 0.355. The zero-order valence-corrected chi connectivity index (χ0v) is 22.8. The van der Waals surface area contributed by atoms with Crippen LogP contribution >= 0.6 is 11.6 Å². The van der Waals surface area contributed by atoms with Crippen LogP contribution in [0.1, 0.15) is 66.4 Å². The molecule has 0 aliphatic carbocycles. The van der Waals surface area contributed by atoms with E-state index in [0.717, 1.165) is 53.0 Å². The molecule has 0 saturated carbocycles. The van der Waals surface area contributed by atoms with E-state index >= 15 is 0 Å². The minimum Gasteiger partial charge on any atom is -0.618 e. The second-order valence-electron chi connectivity index (χ2n) is 10.9. The number of benzene rings is 2. The maximum Gasteiger partial charge on any atom is 0.238 e. The number of hydrogen-bond acceptors (Lipinski definition) is 5. The van der Waals surface area contributed by atoms with E-state index < -0.39 is 5.60 Å². The minimum atomic E-state index is -0.937. The normalized spacial score (nSPS) is 21.8. The van der Waals surface area contributed by atoms with E-state index in [9.17, 15) is 15.1 Å². The van der Waals surface area contributed by atoms with E-state index in [0.29, 0.717) is 28.5 Å². The quantitative estimate of drug-likeness (QED) is 0.266. The van der Waals surface area contributed by atoms with Crippen LogP contribution in [-0.2, 0) is 12.2 Å². The molecule has 1 aromatic heterocycles. The number of rotatable bonds is 5. The monoisotopic (exact) mass is 532 g/mol.